The zero-order valence-corrected chi connectivity index (χ0v) is 17.6. The highest BCUT2D eigenvalue weighted by Gasteiger charge is 2.40. The number of carbonyl (C=O) groups excluding carboxylic acids is 2. The molecule has 1 atom stereocenters. The summed E-state index contributed by atoms with van der Waals surface area (Å²) in [4.78, 5) is 36.6. The van der Waals surface area contributed by atoms with Crippen LogP contribution in [-0.2, 0) is 22.7 Å². The maximum absolute atomic E-state index is 13.3. The molecule has 2 aromatic heterocycles. The van der Waals surface area contributed by atoms with E-state index in [9.17, 15) is 9.59 Å². The van der Waals surface area contributed by atoms with Crippen molar-refractivity contribution >= 4 is 28.8 Å². The normalized spacial score (nSPS) is 15.3. The van der Waals surface area contributed by atoms with Gasteiger partial charge in [0, 0.05) is 32.0 Å². The molecule has 0 saturated carbocycles. The molecule has 0 spiro atoms. The summed E-state index contributed by atoms with van der Waals surface area (Å²) in [7, 11) is 0. The predicted molar refractivity (Wildman–Crippen MR) is 121 cm³/mol. The molecule has 8 heteroatoms. The molecular weight excluding hydrogens is 404 g/mol. The number of imidazole rings is 2. The number of hydrogen-bond donors (Lipinski definition) is 1. The number of fused-ring (bicyclic) bond motifs is 3. The summed E-state index contributed by atoms with van der Waals surface area (Å²) < 4.78 is 3.90. The van der Waals surface area contributed by atoms with E-state index in [1.54, 1.807) is 17.4 Å². The second-order valence-electron chi connectivity index (χ2n) is 7.90. The molecule has 8 nitrogen and oxygen atoms in total. The van der Waals surface area contributed by atoms with Crippen LogP contribution in [0.2, 0.25) is 0 Å². The van der Waals surface area contributed by atoms with Gasteiger partial charge in [0.1, 0.15) is 6.04 Å². The summed E-state index contributed by atoms with van der Waals surface area (Å²) in [6.45, 7) is 1.72. The van der Waals surface area contributed by atoms with Crippen molar-refractivity contribution in [3.05, 3.63) is 78.9 Å². The van der Waals surface area contributed by atoms with E-state index >= 15 is 0 Å². The molecule has 0 bridgehead atoms. The van der Waals surface area contributed by atoms with Crippen molar-refractivity contribution in [3.63, 3.8) is 0 Å². The lowest BCUT2D eigenvalue weighted by Gasteiger charge is -2.16. The average molecular weight is 428 g/mol. The first-order chi connectivity index (χ1) is 15.7. The van der Waals surface area contributed by atoms with Crippen molar-refractivity contribution in [3.8, 4) is 0 Å². The number of benzene rings is 2. The Kier molecular flexibility index (Phi) is 5.41. The van der Waals surface area contributed by atoms with Crippen LogP contribution >= 0.6 is 0 Å². The third-order valence-corrected chi connectivity index (χ3v) is 5.75. The monoisotopic (exact) mass is 428 g/mol. The maximum Gasteiger partial charge on any atom is 0.253 e. The van der Waals surface area contributed by atoms with Crippen LogP contribution in [-0.4, -0.2) is 37.5 Å². The number of amides is 2. The van der Waals surface area contributed by atoms with E-state index in [-0.39, 0.29) is 18.2 Å². The summed E-state index contributed by atoms with van der Waals surface area (Å²) in [6, 6.07) is 16.9. The van der Waals surface area contributed by atoms with Crippen LogP contribution in [0.5, 0.6) is 0 Å². The molecule has 0 fully saturated rings. The molecule has 5 rings (SSSR count). The maximum atomic E-state index is 13.3. The van der Waals surface area contributed by atoms with Crippen molar-refractivity contribution in [1.29, 1.82) is 0 Å². The fourth-order valence-electron chi connectivity index (χ4n) is 4.18. The van der Waals surface area contributed by atoms with Gasteiger partial charge in [-0.2, -0.15) is 0 Å². The number of para-hydroxylation sites is 2. The largest absolute Gasteiger partial charge is 0.352 e. The molecule has 32 heavy (non-hydrogen) atoms. The lowest BCUT2D eigenvalue weighted by atomic mass is 10.1. The van der Waals surface area contributed by atoms with Crippen LogP contribution in [0.4, 0.5) is 5.95 Å². The molecule has 0 aliphatic carbocycles. The zero-order chi connectivity index (χ0) is 21.9. The molecule has 0 saturated heterocycles. The van der Waals surface area contributed by atoms with Gasteiger partial charge in [0.15, 0.2) is 0 Å². The molecule has 162 valence electrons. The smallest absolute Gasteiger partial charge is 0.253 e. The van der Waals surface area contributed by atoms with Crippen LogP contribution < -0.4 is 10.2 Å². The topological polar surface area (TPSA) is 85.1 Å². The van der Waals surface area contributed by atoms with Gasteiger partial charge in [-0.3, -0.25) is 19.1 Å². The number of nitrogens with zero attached hydrogens (tertiary/aromatic N) is 5. The van der Waals surface area contributed by atoms with Crippen molar-refractivity contribution in [2.75, 3.05) is 11.4 Å². The molecule has 2 amide bonds. The van der Waals surface area contributed by atoms with Gasteiger partial charge in [0.2, 0.25) is 11.9 Å². The van der Waals surface area contributed by atoms with E-state index < -0.39 is 6.04 Å². The van der Waals surface area contributed by atoms with Crippen molar-refractivity contribution in [2.45, 2.75) is 32.0 Å². The van der Waals surface area contributed by atoms with Crippen LogP contribution in [0, 0.1) is 0 Å². The fourth-order valence-corrected chi connectivity index (χ4v) is 4.18. The molecule has 2 aromatic carbocycles. The van der Waals surface area contributed by atoms with E-state index in [4.69, 9.17) is 4.98 Å². The van der Waals surface area contributed by atoms with Gasteiger partial charge >= 0.3 is 0 Å². The van der Waals surface area contributed by atoms with E-state index in [2.05, 4.69) is 10.3 Å². The number of anilines is 1. The predicted octanol–water partition coefficient (Wildman–Crippen LogP) is 2.92. The molecular formula is C24H24N6O2. The lowest BCUT2D eigenvalue weighted by molar-refractivity contribution is -0.127. The van der Waals surface area contributed by atoms with Crippen molar-refractivity contribution in [1.82, 2.24) is 24.4 Å². The Morgan fingerprint density at radius 2 is 1.84 bits per heavy atom. The standard InChI is InChI=1S/C24H24N6O2/c31-22(26-16-18-7-2-1-3-8-18)15-21-23(32)29(13-6-12-28-14-11-25-17-28)24-27-19-9-4-5-10-20(19)30(21)24/h1-5,7-11,14,17,21H,6,12-13,15-16H2,(H,26,31). The first-order valence-corrected chi connectivity index (χ1v) is 10.8. The van der Waals surface area contributed by atoms with E-state index in [1.807, 2.05) is 69.9 Å². The van der Waals surface area contributed by atoms with Gasteiger partial charge in [-0.1, -0.05) is 42.5 Å². The number of rotatable bonds is 8. The highest BCUT2D eigenvalue weighted by molar-refractivity contribution is 6.03. The molecule has 1 unspecified atom stereocenters. The highest BCUT2D eigenvalue weighted by Crippen LogP contribution is 2.36. The quantitative estimate of drug-likeness (QED) is 0.468. The van der Waals surface area contributed by atoms with E-state index in [1.165, 1.54) is 0 Å². The minimum Gasteiger partial charge on any atom is -0.352 e. The molecule has 1 aliphatic heterocycles. The Morgan fingerprint density at radius 3 is 2.66 bits per heavy atom. The molecule has 1 N–H and O–H groups in total. The third kappa shape index (κ3) is 3.87. The van der Waals surface area contributed by atoms with Crippen LogP contribution in [0.1, 0.15) is 24.4 Å². The summed E-state index contributed by atoms with van der Waals surface area (Å²) in [6.07, 6.45) is 6.25. The molecule has 3 heterocycles. The third-order valence-electron chi connectivity index (χ3n) is 5.75. The van der Waals surface area contributed by atoms with E-state index in [0.29, 0.717) is 19.0 Å². The summed E-state index contributed by atoms with van der Waals surface area (Å²) in [5.41, 5.74) is 2.71. The van der Waals surface area contributed by atoms with Gasteiger partial charge in [-0.05, 0) is 24.1 Å². The Morgan fingerprint density at radius 1 is 1.03 bits per heavy atom. The molecule has 4 aromatic rings. The second kappa shape index (κ2) is 8.66. The molecule has 0 radical (unpaired) electrons. The van der Waals surface area contributed by atoms with Crippen LogP contribution in [0.15, 0.2) is 73.3 Å². The number of aryl methyl sites for hydroxylation is 1. The fraction of sp³-hybridized carbons (Fsp3) is 0.250. The first-order valence-electron chi connectivity index (χ1n) is 10.8. The molecule has 1 aliphatic rings. The van der Waals surface area contributed by atoms with Crippen LogP contribution in [0.25, 0.3) is 11.0 Å². The van der Waals surface area contributed by atoms with Crippen molar-refractivity contribution < 1.29 is 9.59 Å². The number of nitrogens with one attached hydrogen (secondary N) is 1. The lowest BCUT2D eigenvalue weighted by Crippen LogP contribution is -2.33. The number of carbonyl (C=O) groups is 2. The Hall–Kier alpha value is -3.94. The Labute approximate surface area is 185 Å². The van der Waals surface area contributed by atoms with E-state index in [0.717, 1.165) is 29.6 Å². The second-order valence-corrected chi connectivity index (χ2v) is 7.90. The minimum atomic E-state index is -0.596. The average Bonchev–Trinajstić information content (AvgIpc) is 3.52. The SMILES string of the molecule is O=C(CC1C(=O)N(CCCn2ccnc2)c2nc3ccccc3n21)NCc1ccccc1. The van der Waals surface area contributed by atoms with Crippen molar-refractivity contribution in [2.24, 2.45) is 0 Å². The number of aromatic nitrogens is 4. The van der Waals surface area contributed by atoms with Gasteiger partial charge in [-0.15, -0.1) is 0 Å². The zero-order valence-electron chi connectivity index (χ0n) is 17.6. The van der Waals surface area contributed by atoms with Crippen LogP contribution in [0.3, 0.4) is 0 Å². The minimum absolute atomic E-state index is 0.0804. The van der Waals surface area contributed by atoms with Gasteiger partial charge < -0.3 is 9.88 Å². The summed E-state index contributed by atoms with van der Waals surface area (Å²) in [5, 5.41) is 2.94. The van der Waals surface area contributed by atoms with Gasteiger partial charge in [0.05, 0.1) is 23.8 Å². The highest BCUT2D eigenvalue weighted by atomic mass is 16.2. The summed E-state index contributed by atoms with van der Waals surface area (Å²) >= 11 is 0. The number of hydrogen-bond acceptors (Lipinski definition) is 4. The first kappa shape index (κ1) is 20.0. The Balaban J connectivity index is 1.34. The van der Waals surface area contributed by atoms with Gasteiger partial charge in [0.25, 0.3) is 5.91 Å². The Bertz CT molecular complexity index is 1230. The van der Waals surface area contributed by atoms with Gasteiger partial charge in [-0.25, -0.2) is 9.97 Å². The summed E-state index contributed by atoms with van der Waals surface area (Å²) in [5.74, 6) is 0.373.